The van der Waals surface area contributed by atoms with Crippen LogP contribution in [-0.4, -0.2) is 63.1 Å². The fourth-order valence-corrected chi connectivity index (χ4v) is 2.35. The van der Waals surface area contributed by atoms with Crippen molar-refractivity contribution in [2.45, 2.75) is 25.4 Å². The maximum Gasteiger partial charge on any atom is 0.0900 e. The summed E-state index contributed by atoms with van der Waals surface area (Å²) in [5.74, 6) is 0.864. The van der Waals surface area contributed by atoms with Crippen molar-refractivity contribution in [2.75, 3.05) is 46.9 Å². The Kier molecular flexibility index (Phi) is 6.96. The lowest BCUT2D eigenvalue weighted by Crippen LogP contribution is -2.40. The smallest absolute Gasteiger partial charge is 0.0900 e. The van der Waals surface area contributed by atoms with Gasteiger partial charge < -0.3 is 20.1 Å². The quantitative estimate of drug-likeness (QED) is 0.661. The van der Waals surface area contributed by atoms with E-state index in [4.69, 9.17) is 4.74 Å². The Labute approximate surface area is 99.0 Å². The molecule has 0 radical (unpaired) electrons. The first kappa shape index (κ1) is 13.9. The highest BCUT2D eigenvalue weighted by atomic mass is 16.5. The van der Waals surface area contributed by atoms with Crippen LogP contribution in [0.25, 0.3) is 0 Å². The van der Waals surface area contributed by atoms with Crippen LogP contribution in [0.15, 0.2) is 0 Å². The average Bonchev–Trinajstić information content (AvgIpc) is 2.28. The normalized spacial score (nSPS) is 21.2. The molecule has 1 aliphatic heterocycles. The van der Waals surface area contributed by atoms with E-state index in [0.29, 0.717) is 6.61 Å². The van der Waals surface area contributed by atoms with Gasteiger partial charge in [0.25, 0.3) is 0 Å². The molecule has 0 saturated carbocycles. The van der Waals surface area contributed by atoms with Gasteiger partial charge in [0.15, 0.2) is 0 Å². The fourth-order valence-electron chi connectivity index (χ4n) is 2.35. The summed E-state index contributed by atoms with van der Waals surface area (Å²) in [4.78, 5) is 2.35. The number of rotatable bonds is 7. The molecule has 0 aromatic heterocycles. The van der Waals surface area contributed by atoms with Crippen molar-refractivity contribution in [2.24, 2.45) is 5.92 Å². The maximum atomic E-state index is 9.63. The van der Waals surface area contributed by atoms with Crippen molar-refractivity contribution in [3.8, 4) is 0 Å². The van der Waals surface area contributed by atoms with Crippen LogP contribution in [-0.2, 0) is 4.74 Å². The van der Waals surface area contributed by atoms with Gasteiger partial charge in [0.05, 0.1) is 12.7 Å². The zero-order chi connectivity index (χ0) is 11.8. The third-order valence-corrected chi connectivity index (χ3v) is 3.34. The lowest BCUT2D eigenvalue weighted by molar-refractivity contribution is 0.0289. The topological polar surface area (TPSA) is 44.7 Å². The molecule has 0 amide bonds. The van der Waals surface area contributed by atoms with Crippen LogP contribution in [0.2, 0.25) is 0 Å². The van der Waals surface area contributed by atoms with Gasteiger partial charge in [0, 0.05) is 13.7 Å². The van der Waals surface area contributed by atoms with Gasteiger partial charge in [-0.15, -0.1) is 0 Å². The van der Waals surface area contributed by atoms with E-state index in [0.717, 1.165) is 32.1 Å². The minimum atomic E-state index is -0.334. The number of aliphatic hydroxyl groups is 1. The Balaban J connectivity index is 2.11. The second-order valence-corrected chi connectivity index (χ2v) is 4.75. The number of hydrogen-bond acceptors (Lipinski definition) is 4. The van der Waals surface area contributed by atoms with E-state index in [1.165, 1.54) is 19.3 Å². The molecule has 1 heterocycles. The standard InChI is InChI=1S/C12H26N2O2/c1-13-6-3-11-4-7-14(8-5-11)9-12(15)10-16-2/h11-13,15H,3-10H2,1-2H3. The fraction of sp³-hybridized carbons (Fsp3) is 1.00. The molecule has 96 valence electrons. The minimum Gasteiger partial charge on any atom is -0.389 e. The third-order valence-electron chi connectivity index (χ3n) is 3.34. The molecule has 0 bridgehead atoms. The molecule has 0 aromatic carbocycles. The molecule has 0 aliphatic carbocycles. The van der Waals surface area contributed by atoms with Crippen LogP contribution >= 0.6 is 0 Å². The van der Waals surface area contributed by atoms with Gasteiger partial charge in [0.2, 0.25) is 0 Å². The Bertz CT molecular complexity index is 170. The number of likely N-dealkylation sites (tertiary alicyclic amines) is 1. The van der Waals surface area contributed by atoms with E-state index in [1.54, 1.807) is 7.11 Å². The predicted octanol–water partition coefficient (Wildman–Crippen LogP) is 0.315. The van der Waals surface area contributed by atoms with Gasteiger partial charge in [0.1, 0.15) is 0 Å². The SMILES string of the molecule is CNCCC1CCN(CC(O)COC)CC1. The second-order valence-electron chi connectivity index (χ2n) is 4.75. The van der Waals surface area contributed by atoms with Crippen molar-refractivity contribution < 1.29 is 9.84 Å². The molecule has 1 unspecified atom stereocenters. The zero-order valence-electron chi connectivity index (χ0n) is 10.6. The number of methoxy groups -OCH3 is 1. The highest BCUT2D eigenvalue weighted by Crippen LogP contribution is 2.19. The number of nitrogens with one attached hydrogen (secondary N) is 1. The number of nitrogens with zero attached hydrogens (tertiary/aromatic N) is 1. The minimum absolute atomic E-state index is 0.334. The van der Waals surface area contributed by atoms with Crippen LogP contribution in [0.3, 0.4) is 0 Å². The first-order valence-electron chi connectivity index (χ1n) is 6.30. The Morgan fingerprint density at radius 3 is 2.69 bits per heavy atom. The lowest BCUT2D eigenvalue weighted by atomic mass is 9.93. The molecule has 4 nitrogen and oxygen atoms in total. The number of hydrogen-bond donors (Lipinski definition) is 2. The summed E-state index contributed by atoms with van der Waals surface area (Å²) < 4.78 is 4.93. The maximum absolute atomic E-state index is 9.63. The molecule has 2 N–H and O–H groups in total. The predicted molar refractivity (Wildman–Crippen MR) is 65.6 cm³/mol. The van der Waals surface area contributed by atoms with Crippen LogP contribution in [0.4, 0.5) is 0 Å². The van der Waals surface area contributed by atoms with Gasteiger partial charge >= 0.3 is 0 Å². The van der Waals surface area contributed by atoms with Crippen molar-refractivity contribution in [1.82, 2.24) is 10.2 Å². The Morgan fingerprint density at radius 1 is 1.44 bits per heavy atom. The summed E-state index contributed by atoms with van der Waals surface area (Å²) in [6.07, 6.45) is 3.48. The van der Waals surface area contributed by atoms with E-state index >= 15 is 0 Å². The largest absolute Gasteiger partial charge is 0.389 e. The summed E-state index contributed by atoms with van der Waals surface area (Å²) in [5, 5.41) is 12.8. The molecule has 1 fully saturated rings. The van der Waals surface area contributed by atoms with Crippen LogP contribution in [0.1, 0.15) is 19.3 Å². The zero-order valence-corrected chi connectivity index (χ0v) is 10.6. The van der Waals surface area contributed by atoms with Gasteiger partial charge in [-0.2, -0.15) is 0 Å². The highest BCUT2D eigenvalue weighted by Gasteiger charge is 2.20. The molecule has 16 heavy (non-hydrogen) atoms. The molecule has 0 aromatic rings. The van der Waals surface area contributed by atoms with Crippen molar-refractivity contribution in [3.63, 3.8) is 0 Å². The lowest BCUT2D eigenvalue weighted by Gasteiger charge is -2.33. The molecular weight excluding hydrogens is 204 g/mol. The summed E-state index contributed by atoms with van der Waals surface area (Å²) in [6, 6.07) is 0. The van der Waals surface area contributed by atoms with Crippen LogP contribution in [0.5, 0.6) is 0 Å². The summed E-state index contributed by atoms with van der Waals surface area (Å²) in [6.45, 7) is 4.56. The average molecular weight is 230 g/mol. The van der Waals surface area contributed by atoms with Crippen molar-refractivity contribution >= 4 is 0 Å². The van der Waals surface area contributed by atoms with Gasteiger partial charge in [-0.25, -0.2) is 0 Å². The first-order chi connectivity index (χ1) is 7.76. The Morgan fingerprint density at radius 2 is 2.12 bits per heavy atom. The highest BCUT2D eigenvalue weighted by molar-refractivity contribution is 4.74. The molecular formula is C12H26N2O2. The van der Waals surface area contributed by atoms with Crippen molar-refractivity contribution in [1.29, 1.82) is 0 Å². The number of piperidine rings is 1. The summed E-state index contributed by atoms with van der Waals surface area (Å²) in [5.41, 5.74) is 0. The first-order valence-corrected chi connectivity index (χ1v) is 6.30. The number of ether oxygens (including phenoxy) is 1. The molecule has 4 heteroatoms. The molecule has 1 atom stereocenters. The van der Waals surface area contributed by atoms with Crippen LogP contribution < -0.4 is 5.32 Å². The van der Waals surface area contributed by atoms with E-state index in [2.05, 4.69) is 10.2 Å². The second kappa shape index (κ2) is 8.01. The van der Waals surface area contributed by atoms with E-state index in [9.17, 15) is 5.11 Å². The number of aliphatic hydroxyl groups excluding tert-OH is 1. The monoisotopic (exact) mass is 230 g/mol. The number of β-amino-alcohol motifs (C(OH)–C–C–N with tert-alkyl or cyclic N) is 1. The van der Waals surface area contributed by atoms with E-state index in [-0.39, 0.29) is 6.10 Å². The van der Waals surface area contributed by atoms with Crippen molar-refractivity contribution in [3.05, 3.63) is 0 Å². The van der Waals surface area contributed by atoms with Gasteiger partial charge in [-0.05, 0) is 51.9 Å². The van der Waals surface area contributed by atoms with Gasteiger partial charge in [-0.1, -0.05) is 0 Å². The molecule has 1 aliphatic rings. The molecule has 0 spiro atoms. The molecule has 1 rings (SSSR count). The van der Waals surface area contributed by atoms with E-state index in [1.807, 2.05) is 7.05 Å². The summed E-state index contributed by atoms with van der Waals surface area (Å²) >= 11 is 0. The van der Waals surface area contributed by atoms with Gasteiger partial charge in [-0.3, -0.25) is 0 Å². The van der Waals surface area contributed by atoms with Crippen LogP contribution in [0, 0.1) is 5.92 Å². The summed E-state index contributed by atoms with van der Waals surface area (Å²) in [7, 11) is 3.64. The molecule has 1 saturated heterocycles. The Hall–Kier alpha value is -0.160. The van der Waals surface area contributed by atoms with E-state index < -0.39 is 0 Å². The third kappa shape index (κ3) is 5.25.